The molecule has 1 aliphatic rings. The molecule has 0 aromatic heterocycles. The number of ether oxygens (including phenoxy) is 1. The van der Waals surface area contributed by atoms with E-state index in [-0.39, 0.29) is 12.6 Å². The van der Waals surface area contributed by atoms with Crippen LogP contribution < -0.4 is 10.6 Å². The summed E-state index contributed by atoms with van der Waals surface area (Å²) in [7, 11) is 0. The van der Waals surface area contributed by atoms with Gasteiger partial charge in [-0.1, -0.05) is 6.42 Å². The summed E-state index contributed by atoms with van der Waals surface area (Å²) in [6.45, 7) is 6.89. The molecule has 0 saturated carbocycles. The second-order valence-corrected chi connectivity index (χ2v) is 4.81. The molecule has 0 spiro atoms. The maximum Gasteiger partial charge on any atom is 0.325 e. The molecule has 1 heterocycles. The van der Waals surface area contributed by atoms with Crippen molar-refractivity contribution in [2.24, 2.45) is 0 Å². The van der Waals surface area contributed by atoms with E-state index >= 15 is 0 Å². The number of likely N-dealkylation sites (tertiary alicyclic amines) is 1. The first-order valence-electron chi connectivity index (χ1n) is 7.05. The van der Waals surface area contributed by atoms with Gasteiger partial charge in [-0.3, -0.25) is 9.69 Å². The monoisotopic (exact) mass is 271 g/mol. The summed E-state index contributed by atoms with van der Waals surface area (Å²) >= 11 is 0. The summed E-state index contributed by atoms with van der Waals surface area (Å²) in [4.78, 5) is 24.9. The van der Waals surface area contributed by atoms with Gasteiger partial charge in [-0.25, -0.2) is 4.79 Å². The van der Waals surface area contributed by atoms with Crippen molar-refractivity contribution in [3.63, 3.8) is 0 Å². The van der Waals surface area contributed by atoms with Crippen LogP contribution in [0.2, 0.25) is 0 Å². The Bertz CT molecular complexity index is 291. The van der Waals surface area contributed by atoms with Gasteiger partial charge < -0.3 is 15.4 Å². The highest BCUT2D eigenvalue weighted by atomic mass is 16.5. The molecule has 2 amide bonds. The molecule has 1 unspecified atom stereocenters. The standard InChI is InChI=1S/C13H25N3O3/c1-3-19-12(17)10-15-13(18)14-9-11(2)16-7-5-4-6-8-16/h11H,3-10H2,1-2H3,(H2,14,15,18). The summed E-state index contributed by atoms with van der Waals surface area (Å²) in [5, 5.41) is 5.26. The fourth-order valence-electron chi connectivity index (χ4n) is 2.16. The van der Waals surface area contributed by atoms with Crippen molar-refractivity contribution >= 4 is 12.0 Å². The first kappa shape index (κ1) is 15.8. The molecule has 2 N–H and O–H groups in total. The minimum absolute atomic E-state index is 0.0855. The van der Waals surface area contributed by atoms with Gasteiger partial charge in [-0.2, -0.15) is 0 Å². The van der Waals surface area contributed by atoms with E-state index in [0.29, 0.717) is 19.2 Å². The maximum absolute atomic E-state index is 11.5. The number of carbonyl (C=O) groups is 2. The molecule has 1 rings (SSSR count). The van der Waals surface area contributed by atoms with Crippen molar-refractivity contribution < 1.29 is 14.3 Å². The average Bonchev–Trinajstić information content (AvgIpc) is 2.44. The van der Waals surface area contributed by atoms with Crippen molar-refractivity contribution in [3.8, 4) is 0 Å². The highest BCUT2D eigenvalue weighted by Gasteiger charge is 2.17. The molecule has 0 radical (unpaired) electrons. The van der Waals surface area contributed by atoms with E-state index in [0.717, 1.165) is 13.1 Å². The lowest BCUT2D eigenvalue weighted by Gasteiger charge is -2.32. The van der Waals surface area contributed by atoms with E-state index in [1.807, 2.05) is 0 Å². The maximum atomic E-state index is 11.5. The van der Waals surface area contributed by atoms with Crippen LogP contribution in [0.5, 0.6) is 0 Å². The van der Waals surface area contributed by atoms with Crippen molar-refractivity contribution in [1.82, 2.24) is 15.5 Å². The molecule has 0 bridgehead atoms. The van der Waals surface area contributed by atoms with Crippen molar-refractivity contribution in [2.45, 2.75) is 39.2 Å². The number of nitrogens with zero attached hydrogens (tertiary/aromatic N) is 1. The summed E-state index contributed by atoms with van der Waals surface area (Å²) in [5.41, 5.74) is 0. The topological polar surface area (TPSA) is 70.7 Å². The Morgan fingerprint density at radius 1 is 1.21 bits per heavy atom. The van der Waals surface area contributed by atoms with Gasteiger partial charge in [-0.05, 0) is 39.8 Å². The minimum Gasteiger partial charge on any atom is -0.465 e. The first-order chi connectivity index (χ1) is 9.13. The molecule has 1 fully saturated rings. The smallest absolute Gasteiger partial charge is 0.325 e. The zero-order chi connectivity index (χ0) is 14.1. The number of rotatable bonds is 6. The fraction of sp³-hybridized carbons (Fsp3) is 0.846. The SMILES string of the molecule is CCOC(=O)CNC(=O)NCC(C)N1CCCCC1. The van der Waals surface area contributed by atoms with E-state index in [9.17, 15) is 9.59 Å². The van der Waals surface area contributed by atoms with Gasteiger partial charge in [0.05, 0.1) is 6.61 Å². The molecule has 1 saturated heterocycles. The molecule has 0 aromatic carbocycles. The zero-order valence-corrected chi connectivity index (χ0v) is 11.9. The largest absolute Gasteiger partial charge is 0.465 e. The van der Waals surface area contributed by atoms with Gasteiger partial charge >= 0.3 is 12.0 Å². The van der Waals surface area contributed by atoms with Crippen molar-refractivity contribution in [1.29, 1.82) is 0 Å². The van der Waals surface area contributed by atoms with Crippen LogP contribution in [-0.2, 0) is 9.53 Å². The Hall–Kier alpha value is -1.30. The second-order valence-electron chi connectivity index (χ2n) is 4.81. The fourth-order valence-corrected chi connectivity index (χ4v) is 2.16. The molecule has 0 aromatic rings. The average molecular weight is 271 g/mol. The molecule has 1 atom stereocenters. The number of esters is 1. The number of urea groups is 1. The molecule has 1 aliphatic heterocycles. The van der Waals surface area contributed by atoms with E-state index in [2.05, 4.69) is 22.5 Å². The number of carbonyl (C=O) groups excluding carboxylic acids is 2. The second kappa shape index (κ2) is 8.74. The van der Waals surface area contributed by atoms with Crippen molar-refractivity contribution in [2.75, 3.05) is 32.8 Å². The summed E-state index contributed by atoms with van der Waals surface area (Å²) in [6, 6.07) is 0.00514. The third-order valence-electron chi connectivity index (χ3n) is 3.27. The number of hydrogen-bond acceptors (Lipinski definition) is 4. The number of amides is 2. The predicted octanol–water partition coefficient (Wildman–Crippen LogP) is 0.723. The van der Waals surface area contributed by atoms with E-state index < -0.39 is 5.97 Å². The summed E-state index contributed by atoms with van der Waals surface area (Å²) in [5.74, 6) is -0.415. The van der Waals surface area contributed by atoms with Gasteiger partial charge in [0.2, 0.25) is 0 Å². The van der Waals surface area contributed by atoms with Crippen LogP contribution in [-0.4, -0.2) is 55.7 Å². The van der Waals surface area contributed by atoms with Crippen LogP contribution in [0.1, 0.15) is 33.1 Å². The Morgan fingerprint density at radius 3 is 2.53 bits per heavy atom. The molecular weight excluding hydrogens is 246 g/mol. The predicted molar refractivity (Wildman–Crippen MR) is 72.9 cm³/mol. The van der Waals surface area contributed by atoms with Crippen molar-refractivity contribution in [3.05, 3.63) is 0 Å². The molecular formula is C13H25N3O3. The minimum atomic E-state index is -0.415. The van der Waals surface area contributed by atoms with Crippen LogP contribution in [0.15, 0.2) is 0 Å². The zero-order valence-electron chi connectivity index (χ0n) is 11.9. The molecule has 6 heteroatoms. The molecule has 110 valence electrons. The van der Waals surface area contributed by atoms with Gasteiger partial charge in [0.25, 0.3) is 0 Å². The van der Waals surface area contributed by atoms with Gasteiger partial charge in [-0.15, -0.1) is 0 Å². The normalized spacial score (nSPS) is 17.6. The molecule has 0 aliphatic carbocycles. The number of hydrogen-bond donors (Lipinski definition) is 2. The van der Waals surface area contributed by atoms with Crippen LogP contribution >= 0.6 is 0 Å². The third kappa shape index (κ3) is 6.42. The number of piperidine rings is 1. The highest BCUT2D eigenvalue weighted by Crippen LogP contribution is 2.11. The third-order valence-corrected chi connectivity index (χ3v) is 3.27. The first-order valence-corrected chi connectivity index (χ1v) is 7.05. The van der Waals surface area contributed by atoms with Crippen LogP contribution in [0, 0.1) is 0 Å². The summed E-state index contributed by atoms with van der Waals surface area (Å²) < 4.78 is 4.72. The Balaban J connectivity index is 2.13. The Kier molecular flexibility index (Phi) is 7.25. The van der Waals surface area contributed by atoms with E-state index in [4.69, 9.17) is 4.74 Å². The lowest BCUT2D eigenvalue weighted by molar-refractivity contribution is -0.141. The van der Waals surface area contributed by atoms with Gasteiger partial charge in [0.15, 0.2) is 0 Å². The van der Waals surface area contributed by atoms with Crippen LogP contribution in [0.3, 0.4) is 0 Å². The van der Waals surface area contributed by atoms with E-state index in [1.54, 1.807) is 6.92 Å². The van der Waals surface area contributed by atoms with Crippen LogP contribution in [0.4, 0.5) is 4.79 Å². The van der Waals surface area contributed by atoms with E-state index in [1.165, 1.54) is 19.3 Å². The quantitative estimate of drug-likeness (QED) is 0.698. The number of nitrogens with one attached hydrogen (secondary N) is 2. The van der Waals surface area contributed by atoms with Gasteiger partial charge in [0.1, 0.15) is 6.54 Å². The van der Waals surface area contributed by atoms with Gasteiger partial charge in [0, 0.05) is 12.6 Å². The summed E-state index contributed by atoms with van der Waals surface area (Å²) in [6.07, 6.45) is 3.77. The Labute approximate surface area is 114 Å². The highest BCUT2D eigenvalue weighted by molar-refractivity contribution is 5.80. The molecule has 6 nitrogen and oxygen atoms in total. The van der Waals surface area contributed by atoms with Crippen LogP contribution in [0.25, 0.3) is 0 Å². The lowest BCUT2D eigenvalue weighted by atomic mass is 10.1. The lowest BCUT2D eigenvalue weighted by Crippen LogP contribution is -2.47. The molecule has 19 heavy (non-hydrogen) atoms. The Morgan fingerprint density at radius 2 is 1.89 bits per heavy atom.